The smallest absolute Gasteiger partial charge is 0.231 e. The summed E-state index contributed by atoms with van der Waals surface area (Å²) in [6, 6.07) is 1.77. The van der Waals surface area contributed by atoms with Crippen molar-refractivity contribution in [2.24, 2.45) is 0 Å². The molecule has 2 rings (SSSR count). The van der Waals surface area contributed by atoms with Gasteiger partial charge in [0, 0.05) is 23.1 Å². The molecule has 0 aromatic heterocycles. The van der Waals surface area contributed by atoms with Gasteiger partial charge in [0.05, 0.1) is 0 Å². The van der Waals surface area contributed by atoms with Crippen molar-refractivity contribution >= 4 is 17.9 Å². The fourth-order valence-corrected chi connectivity index (χ4v) is 2.27. The standard InChI is InChI=1S/C12H13ClO3/c1-2-8-9(4-3-5-14)10(13)6-11-12(8)16-7-15-11/h5-6H,2-4,7H2,1H3. The van der Waals surface area contributed by atoms with Crippen LogP contribution >= 0.6 is 11.6 Å². The number of carbonyl (C=O) groups excluding carboxylic acids is 1. The average Bonchev–Trinajstić information content (AvgIpc) is 2.73. The second-order valence-electron chi connectivity index (χ2n) is 3.61. The van der Waals surface area contributed by atoms with Crippen LogP contribution in [0.2, 0.25) is 5.02 Å². The van der Waals surface area contributed by atoms with E-state index in [9.17, 15) is 4.79 Å². The third-order valence-corrected chi connectivity index (χ3v) is 3.03. The monoisotopic (exact) mass is 240 g/mol. The van der Waals surface area contributed by atoms with Crippen LogP contribution in [0.3, 0.4) is 0 Å². The molecule has 86 valence electrons. The first kappa shape index (κ1) is 11.3. The Hall–Kier alpha value is -1.22. The highest BCUT2D eigenvalue weighted by molar-refractivity contribution is 6.31. The molecular weight excluding hydrogens is 228 g/mol. The molecule has 0 spiro atoms. The van der Waals surface area contributed by atoms with E-state index >= 15 is 0 Å². The molecule has 1 aromatic rings. The molecule has 16 heavy (non-hydrogen) atoms. The van der Waals surface area contributed by atoms with Gasteiger partial charge in [-0.15, -0.1) is 0 Å². The van der Waals surface area contributed by atoms with Crippen LogP contribution in [0.1, 0.15) is 24.5 Å². The zero-order valence-corrected chi connectivity index (χ0v) is 9.84. The Kier molecular flexibility index (Phi) is 3.34. The van der Waals surface area contributed by atoms with E-state index in [0.717, 1.165) is 29.6 Å². The molecule has 0 amide bonds. The summed E-state index contributed by atoms with van der Waals surface area (Å²) in [5.41, 5.74) is 2.06. The Morgan fingerprint density at radius 1 is 1.44 bits per heavy atom. The molecule has 1 aliphatic rings. The van der Waals surface area contributed by atoms with Crippen molar-refractivity contribution in [1.29, 1.82) is 0 Å². The first-order chi connectivity index (χ1) is 7.77. The minimum atomic E-state index is 0.246. The Balaban J connectivity index is 2.46. The van der Waals surface area contributed by atoms with Gasteiger partial charge in [0.25, 0.3) is 0 Å². The number of aldehydes is 1. The highest BCUT2D eigenvalue weighted by atomic mass is 35.5. The van der Waals surface area contributed by atoms with Crippen molar-refractivity contribution in [3.05, 3.63) is 22.2 Å². The molecule has 0 aliphatic carbocycles. The Morgan fingerprint density at radius 2 is 2.25 bits per heavy atom. The molecule has 3 nitrogen and oxygen atoms in total. The number of hydrogen-bond donors (Lipinski definition) is 0. The van der Waals surface area contributed by atoms with Gasteiger partial charge in [-0.1, -0.05) is 18.5 Å². The summed E-state index contributed by atoms with van der Waals surface area (Å²) in [4.78, 5) is 10.4. The summed E-state index contributed by atoms with van der Waals surface area (Å²) in [5.74, 6) is 1.49. The molecule has 0 unspecified atom stereocenters. The number of rotatable bonds is 4. The first-order valence-corrected chi connectivity index (χ1v) is 5.69. The molecule has 1 aliphatic heterocycles. The maximum atomic E-state index is 10.4. The fourth-order valence-electron chi connectivity index (χ4n) is 1.96. The van der Waals surface area contributed by atoms with Crippen molar-refractivity contribution < 1.29 is 14.3 Å². The fraction of sp³-hybridized carbons (Fsp3) is 0.417. The lowest BCUT2D eigenvalue weighted by molar-refractivity contribution is -0.107. The second-order valence-corrected chi connectivity index (χ2v) is 4.02. The van der Waals surface area contributed by atoms with E-state index in [-0.39, 0.29) is 6.79 Å². The minimum absolute atomic E-state index is 0.246. The number of hydrogen-bond acceptors (Lipinski definition) is 3. The zero-order valence-electron chi connectivity index (χ0n) is 9.09. The molecule has 1 aromatic carbocycles. The van der Waals surface area contributed by atoms with Crippen molar-refractivity contribution in [3.8, 4) is 11.5 Å². The average molecular weight is 241 g/mol. The quantitative estimate of drug-likeness (QED) is 0.760. The molecule has 0 atom stereocenters. The molecule has 0 saturated heterocycles. The number of ether oxygens (including phenoxy) is 2. The highest BCUT2D eigenvalue weighted by Crippen LogP contribution is 2.41. The summed E-state index contributed by atoms with van der Waals surface area (Å²) in [7, 11) is 0. The van der Waals surface area contributed by atoms with Crippen LogP contribution in [-0.2, 0) is 17.6 Å². The van der Waals surface area contributed by atoms with Crippen LogP contribution in [0.4, 0.5) is 0 Å². The van der Waals surface area contributed by atoms with E-state index in [0.29, 0.717) is 23.6 Å². The van der Waals surface area contributed by atoms with Gasteiger partial charge in [0.15, 0.2) is 11.5 Å². The number of benzene rings is 1. The van der Waals surface area contributed by atoms with Gasteiger partial charge >= 0.3 is 0 Å². The Labute approximate surface area is 99.3 Å². The van der Waals surface area contributed by atoms with E-state index in [4.69, 9.17) is 21.1 Å². The Bertz CT molecular complexity index is 415. The van der Waals surface area contributed by atoms with Crippen LogP contribution in [0.25, 0.3) is 0 Å². The van der Waals surface area contributed by atoms with E-state index in [1.807, 2.05) is 6.92 Å². The van der Waals surface area contributed by atoms with Crippen LogP contribution in [0.5, 0.6) is 11.5 Å². The number of halogens is 1. The van der Waals surface area contributed by atoms with Gasteiger partial charge in [0.1, 0.15) is 6.29 Å². The summed E-state index contributed by atoms with van der Waals surface area (Å²) in [6.07, 6.45) is 2.86. The van der Waals surface area contributed by atoms with E-state index in [2.05, 4.69) is 0 Å². The predicted molar refractivity (Wildman–Crippen MR) is 61.3 cm³/mol. The van der Waals surface area contributed by atoms with Gasteiger partial charge in [0.2, 0.25) is 6.79 Å². The summed E-state index contributed by atoms with van der Waals surface area (Å²) < 4.78 is 10.7. The van der Waals surface area contributed by atoms with E-state index in [1.165, 1.54) is 0 Å². The van der Waals surface area contributed by atoms with Crippen molar-refractivity contribution in [2.75, 3.05) is 6.79 Å². The summed E-state index contributed by atoms with van der Waals surface area (Å²) >= 11 is 6.18. The predicted octanol–water partition coefficient (Wildman–Crippen LogP) is 2.76. The maximum absolute atomic E-state index is 10.4. The van der Waals surface area contributed by atoms with E-state index in [1.54, 1.807) is 6.07 Å². The van der Waals surface area contributed by atoms with Crippen LogP contribution in [0, 0.1) is 0 Å². The number of fused-ring (bicyclic) bond motifs is 1. The molecular formula is C12H13ClO3. The molecule has 0 N–H and O–H groups in total. The van der Waals surface area contributed by atoms with Crippen molar-refractivity contribution in [1.82, 2.24) is 0 Å². The zero-order chi connectivity index (χ0) is 11.5. The molecule has 0 fully saturated rings. The Morgan fingerprint density at radius 3 is 2.94 bits per heavy atom. The number of carbonyl (C=O) groups is 1. The van der Waals surface area contributed by atoms with Gasteiger partial charge in [-0.05, 0) is 18.4 Å². The molecule has 4 heteroatoms. The SMILES string of the molecule is CCc1c(CCC=O)c(Cl)cc2c1OCO2. The largest absolute Gasteiger partial charge is 0.454 e. The molecule has 0 saturated carbocycles. The van der Waals surface area contributed by atoms with Gasteiger partial charge in [-0.2, -0.15) is 0 Å². The van der Waals surface area contributed by atoms with Crippen LogP contribution < -0.4 is 9.47 Å². The minimum Gasteiger partial charge on any atom is -0.454 e. The van der Waals surface area contributed by atoms with Crippen LogP contribution in [-0.4, -0.2) is 13.1 Å². The van der Waals surface area contributed by atoms with Gasteiger partial charge in [-0.25, -0.2) is 0 Å². The van der Waals surface area contributed by atoms with Crippen LogP contribution in [0.15, 0.2) is 6.07 Å². The van der Waals surface area contributed by atoms with Gasteiger partial charge in [-0.3, -0.25) is 0 Å². The maximum Gasteiger partial charge on any atom is 0.231 e. The van der Waals surface area contributed by atoms with Gasteiger partial charge < -0.3 is 14.3 Å². The summed E-state index contributed by atoms with van der Waals surface area (Å²) in [5, 5.41) is 0.656. The third kappa shape index (κ3) is 1.87. The highest BCUT2D eigenvalue weighted by Gasteiger charge is 2.22. The van der Waals surface area contributed by atoms with Crippen molar-refractivity contribution in [3.63, 3.8) is 0 Å². The lowest BCUT2D eigenvalue weighted by atomic mass is 9.99. The second kappa shape index (κ2) is 4.74. The van der Waals surface area contributed by atoms with E-state index < -0.39 is 0 Å². The third-order valence-electron chi connectivity index (χ3n) is 2.69. The normalized spacial score (nSPS) is 12.9. The lowest BCUT2D eigenvalue weighted by Gasteiger charge is -2.11. The topological polar surface area (TPSA) is 35.5 Å². The lowest BCUT2D eigenvalue weighted by Crippen LogP contribution is -1.98. The molecule has 1 heterocycles. The van der Waals surface area contributed by atoms with Crippen molar-refractivity contribution in [2.45, 2.75) is 26.2 Å². The summed E-state index contributed by atoms with van der Waals surface area (Å²) in [6.45, 7) is 2.29. The molecule has 0 bridgehead atoms. The molecule has 0 radical (unpaired) electrons. The first-order valence-electron chi connectivity index (χ1n) is 5.31.